The molecule has 0 aliphatic heterocycles. The van der Waals surface area contributed by atoms with E-state index in [-0.39, 0.29) is 0 Å². The van der Waals surface area contributed by atoms with Crippen LogP contribution in [0.1, 0.15) is 6.42 Å². The first-order valence-electron chi connectivity index (χ1n) is 8.75. The maximum atomic E-state index is 5.83. The van der Waals surface area contributed by atoms with Crippen LogP contribution < -0.4 is 10.5 Å². The molecule has 2 N–H and O–H groups in total. The quantitative estimate of drug-likeness (QED) is 0.375. The van der Waals surface area contributed by atoms with Crippen molar-refractivity contribution in [3.8, 4) is 17.1 Å². The lowest BCUT2D eigenvalue weighted by molar-refractivity contribution is 0.415. The van der Waals surface area contributed by atoms with Gasteiger partial charge in [0.2, 0.25) is 0 Å². The zero-order chi connectivity index (χ0) is 19.5. The van der Waals surface area contributed by atoms with Crippen molar-refractivity contribution in [2.24, 2.45) is 7.05 Å². The predicted molar refractivity (Wildman–Crippen MR) is 108 cm³/mol. The van der Waals surface area contributed by atoms with Crippen molar-refractivity contribution >= 4 is 28.7 Å². The van der Waals surface area contributed by atoms with E-state index in [2.05, 4.69) is 25.1 Å². The molecule has 0 aliphatic rings. The molecule has 0 saturated heterocycles. The van der Waals surface area contributed by atoms with Crippen LogP contribution >= 0.6 is 11.8 Å². The lowest BCUT2D eigenvalue weighted by Crippen LogP contribution is -2.01. The molecule has 144 valence electrons. The molecule has 0 atom stereocenters. The molecule has 1 aromatic carbocycles. The molecular weight excluding hydrogens is 376 g/mol. The SMILES string of the molecule is COc1ccc(-c2nnc(SCCCn3cnc4c(N)ncnc43)n2C)cc1. The molecule has 0 unspecified atom stereocenters. The molecule has 9 nitrogen and oxygen atoms in total. The fraction of sp³-hybridized carbons (Fsp3) is 0.278. The van der Waals surface area contributed by atoms with Gasteiger partial charge >= 0.3 is 0 Å². The van der Waals surface area contributed by atoms with Gasteiger partial charge in [0.1, 0.15) is 17.6 Å². The lowest BCUT2D eigenvalue weighted by atomic mass is 10.2. The summed E-state index contributed by atoms with van der Waals surface area (Å²) in [6.45, 7) is 0.795. The van der Waals surface area contributed by atoms with Crippen molar-refractivity contribution in [2.45, 2.75) is 18.1 Å². The van der Waals surface area contributed by atoms with Gasteiger partial charge in [-0.25, -0.2) is 15.0 Å². The van der Waals surface area contributed by atoms with Crippen LogP contribution in [0.4, 0.5) is 5.82 Å². The maximum Gasteiger partial charge on any atom is 0.191 e. The highest BCUT2D eigenvalue weighted by Gasteiger charge is 2.12. The third-order valence-electron chi connectivity index (χ3n) is 4.39. The third-order valence-corrected chi connectivity index (χ3v) is 5.49. The molecule has 3 aromatic heterocycles. The number of hydrogen-bond donors (Lipinski definition) is 1. The standard InChI is InChI=1S/C18H20N8OS/c1-25-16(12-4-6-13(27-2)7-5-12)23-24-18(25)28-9-3-8-26-11-22-14-15(19)20-10-21-17(14)26/h4-7,10-11H,3,8-9H2,1-2H3,(H2,19,20,21). The van der Waals surface area contributed by atoms with Crippen molar-refractivity contribution < 1.29 is 4.74 Å². The minimum atomic E-state index is 0.406. The number of methoxy groups -OCH3 is 1. The first-order valence-corrected chi connectivity index (χ1v) is 9.74. The number of nitrogen functional groups attached to an aromatic ring is 1. The van der Waals surface area contributed by atoms with E-state index < -0.39 is 0 Å². The number of nitrogens with two attached hydrogens (primary N) is 1. The number of fused-ring (bicyclic) bond motifs is 1. The van der Waals surface area contributed by atoms with E-state index in [1.165, 1.54) is 6.33 Å². The van der Waals surface area contributed by atoms with E-state index in [0.717, 1.165) is 46.7 Å². The van der Waals surface area contributed by atoms with E-state index in [1.807, 2.05) is 40.4 Å². The van der Waals surface area contributed by atoms with Crippen LogP contribution in [-0.2, 0) is 13.6 Å². The predicted octanol–water partition coefficient (Wildman–Crippen LogP) is 2.40. The molecule has 0 fully saturated rings. The van der Waals surface area contributed by atoms with Crippen molar-refractivity contribution in [1.82, 2.24) is 34.3 Å². The Morgan fingerprint density at radius 1 is 1.11 bits per heavy atom. The van der Waals surface area contributed by atoms with E-state index in [1.54, 1.807) is 25.2 Å². The average molecular weight is 396 g/mol. The molecule has 28 heavy (non-hydrogen) atoms. The molecule has 0 amide bonds. The number of aryl methyl sites for hydroxylation is 1. The Labute approximate surface area is 166 Å². The van der Waals surface area contributed by atoms with Gasteiger partial charge in [-0.1, -0.05) is 11.8 Å². The van der Waals surface area contributed by atoms with Crippen molar-refractivity contribution in [3.63, 3.8) is 0 Å². The summed E-state index contributed by atoms with van der Waals surface area (Å²) in [6.07, 6.45) is 4.15. The molecule has 10 heteroatoms. The topological polar surface area (TPSA) is 110 Å². The first kappa shape index (κ1) is 18.2. The highest BCUT2D eigenvalue weighted by atomic mass is 32.2. The summed E-state index contributed by atoms with van der Waals surface area (Å²) in [5.74, 6) is 2.95. The molecule has 4 rings (SSSR count). The summed E-state index contributed by atoms with van der Waals surface area (Å²) in [7, 11) is 3.63. The third kappa shape index (κ3) is 3.50. The number of ether oxygens (including phenoxy) is 1. The summed E-state index contributed by atoms with van der Waals surface area (Å²) in [5.41, 5.74) is 8.24. The molecule has 3 heterocycles. The van der Waals surface area contributed by atoms with Gasteiger partial charge in [0.15, 0.2) is 22.4 Å². The molecule has 0 spiro atoms. The van der Waals surface area contributed by atoms with Gasteiger partial charge in [-0.05, 0) is 30.7 Å². The van der Waals surface area contributed by atoms with Crippen LogP contribution in [-0.4, -0.2) is 47.1 Å². The van der Waals surface area contributed by atoms with Crippen LogP contribution in [0.3, 0.4) is 0 Å². The summed E-state index contributed by atoms with van der Waals surface area (Å²) in [6, 6.07) is 7.80. The monoisotopic (exact) mass is 396 g/mol. The summed E-state index contributed by atoms with van der Waals surface area (Å²) >= 11 is 1.67. The smallest absolute Gasteiger partial charge is 0.191 e. The van der Waals surface area contributed by atoms with Crippen molar-refractivity contribution in [3.05, 3.63) is 36.9 Å². The van der Waals surface area contributed by atoms with E-state index >= 15 is 0 Å². The molecule has 0 bridgehead atoms. The number of imidazole rings is 1. The zero-order valence-electron chi connectivity index (χ0n) is 15.6. The minimum absolute atomic E-state index is 0.406. The van der Waals surface area contributed by atoms with Crippen molar-refractivity contribution in [2.75, 3.05) is 18.6 Å². The van der Waals surface area contributed by atoms with Gasteiger partial charge < -0.3 is 19.6 Å². The van der Waals surface area contributed by atoms with Gasteiger partial charge in [-0.3, -0.25) is 0 Å². The number of thioether (sulfide) groups is 1. The van der Waals surface area contributed by atoms with Crippen molar-refractivity contribution in [1.29, 1.82) is 0 Å². The van der Waals surface area contributed by atoms with Crippen LogP contribution in [0.2, 0.25) is 0 Å². The van der Waals surface area contributed by atoms with Gasteiger partial charge in [-0.15, -0.1) is 10.2 Å². The number of hydrogen-bond acceptors (Lipinski definition) is 8. The fourth-order valence-corrected chi connectivity index (χ4v) is 3.73. The van der Waals surface area contributed by atoms with Gasteiger partial charge in [0, 0.05) is 24.9 Å². The van der Waals surface area contributed by atoms with Crippen LogP contribution in [0, 0.1) is 0 Å². The molecule has 4 aromatic rings. The second-order valence-electron chi connectivity index (χ2n) is 6.16. The first-order chi connectivity index (χ1) is 13.7. The van der Waals surface area contributed by atoms with Crippen LogP contribution in [0.5, 0.6) is 5.75 Å². The Hall–Kier alpha value is -3.14. The Balaban J connectivity index is 1.37. The number of aromatic nitrogens is 7. The Morgan fingerprint density at radius 2 is 1.93 bits per heavy atom. The average Bonchev–Trinajstić information content (AvgIpc) is 3.30. The van der Waals surface area contributed by atoms with E-state index in [4.69, 9.17) is 10.5 Å². The molecular formula is C18H20N8OS. The second-order valence-corrected chi connectivity index (χ2v) is 7.23. The minimum Gasteiger partial charge on any atom is -0.497 e. The fourth-order valence-electron chi connectivity index (χ4n) is 2.89. The van der Waals surface area contributed by atoms with Crippen LogP contribution in [0.15, 0.2) is 42.1 Å². The van der Waals surface area contributed by atoms with Gasteiger partial charge in [-0.2, -0.15) is 0 Å². The van der Waals surface area contributed by atoms with Crippen LogP contribution in [0.25, 0.3) is 22.6 Å². The molecule has 0 aliphatic carbocycles. The largest absolute Gasteiger partial charge is 0.497 e. The molecule has 0 saturated carbocycles. The van der Waals surface area contributed by atoms with Gasteiger partial charge in [0.25, 0.3) is 0 Å². The highest BCUT2D eigenvalue weighted by molar-refractivity contribution is 7.99. The normalized spacial score (nSPS) is 11.2. The maximum absolute atomic E-state index is 5.83. The second kappa shape index (κ2) is 7.85. The van der Waals surface area contributed by atoms with Gasteiger partial charge in [0.05, 0.1) is 13.4 Å². The summed E-state index contributed by atoms with van der Waals surface area (Å²) < 4.78 is 9.20. The highest BCUT2D eigenvalue weighted by Crippen LogP contribution is 2.25. The molecule has 0 radical (unpaired) electrons. The lowest BCUT2D eigenvalue weighted by Gasteiger charge is -2.06. The number of benzene rings is 1. The van der Waals surface area contributed by atoms with E-state index in [9.17, 15) is 0 Å². The number of rotatable bonds is 7. The summed E-state index contributed by atoms with van der Waals surface area (Å²) in [4.78, 5) is 12.5. The summed E-state index contributed by atoms with van der Waals surface area (Å²) in [5, 5.41) is 9.53. The Kier molecular flexibility index (Phi) is 5.11. The number of nitrogens with zero attached hydrogens (tertiary/aromatic N) is 7. The number of anilines is 1. The Morgan fingerprint density at radius 3 is 2.71 bits per heavy atom. The zero-order valence-corrected chi connectivity index (χ0v) is 16.4. The Bertz CT molecular complexity index is 1090. The van der Waals surface area contributed by atoms with E-state index in [0.29, 0.717) is 11.3 Å².